The third-order valence-electron chi connectivity index (χ3n) is 9.55. The van der Waals surface area contributed by atoms with Gasteiger partial charge >= 0.3 is 12.1 Å². The molecular formula is C36H49FN4O6. The number of amides is 2. The molecule has 256 valence electrons. The molecule has 3 heterocycles. The zero-order chi connectivity index (χ0) is 34.1. The molecule has 0 N–H and O–H groups in total. The van der Waals surface area contributed by atoms with Crippen molar-refractivity contribution in [3.63, 3.8) is 0 Å². The number of carbonyl (C=O) groups excluding carboxylic acids is 3. The molecule has 3 aliphatic rings. The number of fused-ring (bicyclic) bond motifs is 1. The van der Waals surface area contributed by atoms with Crippen LogP contribution in [0.25, 0.3) is 0 Å². The largest absolute Gasteiger partial charge is 0.468 e. The van der Waals surface area contributed by atoms with Gasteiger partial charge in [0, 0.05) is 56.5 Å². The molecule has 0 aliphatic carbocycles. The molecule has 2 aromatic carbocycles. The second kappa shape index (κ2) is 13.9. The summed E-state index contributed by atoms with van der Waals surface area (Å²) in [6, 6.07) is 12.1. The van der Waals surface area contributed by atoms with Crippen molar-refractivity contribution in [1.82, 2.24) is 14.7 Å². The number of hydrogen-bond acceptors (Lipinski definition) is 8. The lowest BCUT2D eigenvalue weighted by molar-refractivity contribution is -0.146. The normalized spacial score (nSPS) is 25.4. The topological polar surface area (TPSA) is 91.9 Å². The van der Waals surface area contributed by atoms with E-state index in [4.69, 9.17) is 14.2 Å². The zero-order valence-corrected chi connectivity index (χ0v) is 28.8. The maximum absolute atomic E-state index is 14.3. The minimum Gasteiger partial charge on any atom is -0.468 e. The fourth-order valence-corrected chi connectivity index (χ4v) is 6.94. The number of methoxy groups -OCH3 is 1. The maximum Gasteiger partial charge on any atom is 0.410 e. The summed E-state index contributed by atoms with van der Waals surface area (Å²) < 4.78 is 30.2. The molecule has 10 nitrogen and oxygen atoms in total. The van der Waals surface area contributed by atoms with Crippen molar-refractivity contribution in [1.29, 1.82) is 0 Å². The van der Waals surface area contributed by atoms with E-state index in [1.54, 1.807) is 21.9 Å². The highest BCUT2D eigenvalue weighted by molar-refractivity contribution is 6.02. The van der Waals surface area contributed by atoms with Gasteiger partial charge in [0.05, 0.1) is 26.9 Å². The average molecular weight is 653 g/mol. The lowest BCUT2D eigenvalue weighted by Gasteiger charge is -2.47. The van der Waals surface area contributed by atoms with Crippen LogP contribution in [-0.2, 0) is 35.6 Å². The van der Waals surface area contributed by atoms with E-state index in [1.807, 2.05) is 52.8 Å². The molecular weight excluding hydrogens is 603 g/mol. The van der Waals surface area contributed by atoms with Gasteiger partial charge in [-0.05, 0) is 82.9 Å². The lowest BCUT2D eigenvalue weighted by Crippen LogP contribution is -2.64. The quantitative estimate of drug-likeness (QED) is 0.411. The van der Waals surface area contributed by atoms with Crippen molar-refractivity contribution < 1.29 is 33.0 Å². The van der Waals surface area contributed by atoms with Crippen molar-refractivity contribution in [3.05, 3.63) is 65.0 Å². The molecule has 0 radical (unpaired) electrons. The van der Waals surface area contributed by atoms with Crippen LogP contribution in [0.2, 0.25) is 0 Å². The molecule has 11 heteroatoms. The minimum atomic E-state index is -1.03. The fraction of sp³-hybridized carbons (Fsp3) is 0.583. The first-order valence-electron chi connectivity index (χ1n) is 16.5. The first-order chi connectivity index (χ1) is 22.2. The Morgan fingerprint density at radius 1 is 1.00 bits per heavy atom. The number of anilines is 1. The van der Waals surface area contributed by atoms with Crippen LogP contribution in [-0.4, -0.2) is 116 Å². The van der Waals surface area contributed by atoms with E-state index >= 15 is 0 Å². The predicted octanol–water partition coefficient (Wildman–Crippen LogP) is 4.22. The summed E-state index contributed by atoms with van der Waals surface area (Å²) in [7, 11) is 1.36. The molecule has 4 atom stereocenters. The van der Waals surface area contributed by atoms with E-state index in [0.29, 0.717) is 45.0 Å². The molecule has 0 saturated carbocycles. The van der Waals surface area contributed by atoms with Crippen molar-refractivity contribution in [2.75, 3.05) is 64.5 Å². The highest BCUT2D eigenvalue weighted by Crippen LogP contribution is 2.42. The predicted molar refractivity (Wildman–Crippen MR) is 177 cm³/mol. The molecule has 0 aromatic heterocycles. The number of morpholine rings is 1. The van der Waals surface area contributed by atoms with E-state index in [9.17, 15) is 18.8 Å². The van der Waals surface area contributed by atoms with Crippen LogP contribution in [0.5, 0.6) is 0 Å². The Hall–Kier alpha value is -3.54. The van der Waals surface area contributed by atoms with Crippen molar-refractivity contribution in [2.45, 2.75) is 77.1 Å². The highest BCUT2D eigenvalue weighted by Gasteiger charge is 2.48. The van der Waals surface area contributed by atoms with Crippen LogP contribution in [0.1, 0.15) is 58.2 Å². The molecule has 3 aliphatic heterocycles. The van der Waals surface area contributed by atoms with E-state index in [0.717, 1.165) is 23.2 Å². The van der Waals surface area contributed by atoms with Crippen LogP contribution >= 0.6 is 0 Å². The van der Waals surface area contributed by atoms with Crippen LogP contribution in [0, 0.1) is 5.82 Å². The van der Waals surface area contributed by atoms with Crippen LogP contribution in [0.15, 0.2) is 42.5 Å². The van der Waals surface area contributed by atoms with Crippen LogP contribution < -0.4 is 4.90 Å². The third-order valence-corrected chi connectivity index (χ3v) is 9.55. The van der Waals surface area contributed by atoms with Gasteiger partial charge in [-0.3, -0.25) is 19.4 Å². The number of piperazine rings is 1. The molecule has 2 amide bonds. The first-order valence-corrected chi connectivity index (χ1v) is 16.5. The highest BCUT2D eigenvalue weighted by atomic mass is 19.1. The van der Waals surface area contributed by atoms with Gasteiger partial charge in [0.15, 0.2) is 0 Å². The Labute approximate surface area is 277 Å². The summed E-state index contributed by atoms with van der Waals surface area (Å²) >= 11 is 0. The molecule has 0 bridgehead atoms. The van der Waals surface area contributed by atoms with Gasteiger partial charge in [0.1, 0.15) is 16.8 Å². The standard InChI is InChI=1S/C36H49FN4O6/c1-24-18-39(29(19-38-14-15-46-22-25(38)2)20-40(24)34(44)47-35(3,4)5)21-32(42)41-23-36(6,33(43)45-7)30-13-10-27(17-31(30)41)16-26-8-11-28(37)12-9-26/h8-13,17,24-25,29H,14-16,18-23H2,1-7H3/t24?,25?,29-,36?/m0/s1. The van der Waals surface area contributed by atoms with Gasteiger partial charge in [-0.25, -0.2) is 9.18 Å². The number of benzene rings is 2. The molecule has 2 aromatic rings. The SMILES string of the molecule is COC(=O)C1(C)CN(C(=O)CN2CC(C)N(C(=O)OC(C)(C)C)C[C@@H]2CN2CCOCC2C)c2cc(Cc3ccc(F)cc3)ccc21. The summed E-state index contributed by atoms with van der Waals surface area (Å²) in [5.74, 6) is -0.828. The second-order valence-electron chi connectivity index (χ2n) is 14.4. The second-order valence-corrected chi connectivity index (χ2v) is 14.4. The number of nitrogens with zero attached hydrogens (tertiary/aromatic N) is 4. The molecule has 47 heavy (non-hydrogen) atoms. The fourth-order valence-electron chi connectivity index (χ4n) is 6.94. The summed E-state index contributed by atoms with van der Waals surface area (Å²) in [5.41, 5.74) is 1.66. The number of esters is 1. The monoisotopic (exact) mass is 652 g/mol. The van der Waals surface area contributed by atoms with Gasteiger partial charge in [-0.15, -0.1) is 0 Å². The number of halogens is 1. The number of carbonyl (C=O) groups is 3. The Morgan fingerprint density at radius 3 is 2.36 bits per heavy atom. The van der Waals surface area contributed by atoms with E-state index in [1.165, 1.54) is 19.2 Å². The number of ether oxygens (including phenoxy) is 3. The first kappa shape index (κ1) is 34.8. The number of hydrogen-bond donors (Lipinski definition) is 0. The van der Waals surface area contributed by atoms with Crippen LogP contribution in [0.4, 0.5) is 14.9 Å². The Balaban J connectivity index is 1.41. The minimum absolute atomic E-state index is 0.120. The Kier molecular flexibility index (Phi) is 10.3. The average Bonchev–Trinajstić information content (AvgIpc) is 3.32. The molecule has 2 saturated heterocycles. The molecule has 3 unspecified atom stereocenters. The van der Waals surface area contributed by atoms with Gasteiger partial charge in [-0.2, -0.15) is 0 Å². The molecule has 2 fully saturated rings. The summed E-state index contributed by atoms with van der Waals surface area (Å²) in [5, 5.41) is 0. The molecule has 5 rings (SSSR count). The summed E-state index contributed by atoms with van der Waals surface area (Å²) in [4.78, 5) is 48.8. The lowest BCUT2D eigenvalue weighted by atomic mass is 9.84. The zero-order valence-electron chi connectivity index (χ0n) is 28.8. The maximum atomic E-state index is 14.3. The van der Waals surface area contributed by atoms with E-state index in [-0.39, 0.29) is 49.0 Å². The van der Waals surface area contributed by atoms with Gasteiger partial charge < -0.3 is 24.0 Å². The van der Waals surface area contributed by atoms with Crippen molar-refractivity contribution in [2.24, 2.45) is 0 Å². The molecule has 0 spiro atoms. The van der Waals surface area contributed by atoms with E-state index in [2.05, 4.69) is 16.7 Å². The number of rotatable bonds is 7. The summed E-state index contributed by atoms with van der Waals surface area (Å²) in [6.07, 6.45) is 0.195. The van der Waals surface area contributed by atoms with Gasteiger partial charge in [-0.1, -0.05) is 24.3 Å². The van der Waals surface area contributed by atoms with Crippen LogP contribution in [0.3, 0.4) is 0 Å². The van der Waals surface area contributed by atoms with Gasteiger partial charge in [0.25, 0.3) is 0 Å². The summed E-state index contributed by atoms with van der Waals surface area (Å²) in [6.45, 7) is 15.4. The Morgan fingerprint density at radius 2 is 1.70 bits per heavy atom. The third kappa shape index (κ3) is 7.79. The Bertz CT molecular complexity index is 1460. The van der Waals surface area contributed by atoms with Crippen molar-refractivity contribution in [3.8, 4) is 0 Å². The van der Waals surface area contributed by atoms with Crippen molar-refractivity contribution >= 4 is 23.7 Å². The smallest absolute Gasteiger partial charge is 0.410 e. The van der Waals surface area contributed by atoms with Gasteiger partial charge in [0.2, 0.25) is 5.91 Å². The van der Waals surface area contributed by atoms with E-state index < -0.39 is 17.0 Å².